The van der Waals surface area contributed by atoms with Crippen LogP contribution in [-0.2, 0) is 6.54 Å². The van der Waals surface area contributed by atoms with Crippen molar-refractivity contribution in [3.8, 4) is 5.69 Å². The predicted molar refractivity (Wildman–Crippen MR) is 248 cm³/mol. The lowest BCUT2D eigenvalue weighted by Gasteiger charge is -2.31. The Balaban J connectivity index is 1.09. The molecule has 0 radical (unpaired) electrons. The van der Waals surface area contributed by atoms with E-state index in [2.05, 4.69) is 228 Å². The number of hydrogen-bond acceptors (Lipinski definition) is 3. The Labute approximate surface area is 347 Å². The number of hydrogen-bond donors (Lipinski definition) is 2. The minimum Gasteiger partial charge on any atom is -0.373 e. The van der Waals surface area contributed by atoms with Crippen LogP contribution in [0.5, 0.6) is 0 Å². The Bertz CT molecular complexity index is 2790. The fourth-order valence-electron chi connectivity index (χ4n) is 8.72. The van der Waals surface area contributed by atoms with Gasteiger partial charge in [-0.3, -0.25) is 4.90 Å². The average Bonchev–Trinajstić information content (AvgIpc) is 3.62. The number of benzene rings is 7. The van der Waals surface area contributed by atoms with E-state index in [1.54, 1.807) is 0 Å². The normalized spacial score (nSPS) is 16.2. The molecule has 5 heteroatoms. The molecular weight excluding hydrogens is 719 g/mol. The molecule has 3 unspecified atom stereocenters. The van der Waals surface area contributed by atoms with Crippen LogP contribution in [0.1, 0.15) is 46.8 Å². The first kappa shape index (κ1) is 37.6. The summed E-state index contributed by atoms with van der Waals surface area (Å²) < 4.78 is 2.38. The van der Waals surface area contributed by atoms with Gasteiger partial charge in [0.1, 0.15) is 12.0 Å². The Morgan fingerprint density at radius 2 is 1.34 bits per heavy atom. The molecule has 0 aliphatic heterocycles. The van der Waals surface area contributed by atoms with Gasteiger partial charge in [-0.25, -0.2) is 4.99 Å². The molecule has 0 amide bonds. The number of fused-ring (bicyclic) bond motifs is 3. The number of amidine groups is 1. The van der Waals surface area contributed by atoms with E-state index >= 15 is 0 Å². The lowest BCUT2D eigenvalue weighted by molar-refractivity contribution is 0.243. The van der Waals surface area contributed by atoms with Gasteiger partial charge in [0, 0.05) is 64.4 Å². The Kier molecular flexibility index (Phi) is 10.8. The van der Waals surface area contributed by atoms with Crippen molar-refractivity contribution in [3.63, 3.8) is 0 Å². The quantitative estimate of drug-likeness (QED) is 0.102. The van der Waals surface area contributed by atoms with Crippen molar-refractivity contribution in [2.24, 2.45) is 10.9 Å². The largest absolute Gasteiger partial charge is 0.373 e. The number of nitrogens with zero attached hydrogens (tertiary/aromatic N) is 3. The van der Waals surface area contributed by atoms with Gasteiger partial charge in [-0.2, -0.15) is 0 Å². The van der Waals surface area contributed by atoms with Crippen LogP contribution in [0, 0.1) is 5.92 Å². The van der Waals surface area contributed by atoms with Gasteiger partial charge >= 0.3 is 0 Å². The summed E-state index contributed by atoms with van der Waals surface area (Å²) in [6, 6.07) is 67.0. The van der Waals surface area contributed by atoms with Crippen molar-refractivity contribution in [3.05, 3.63) is 234 Å². The molecule has 5 nitrogen and oxygen atoms in total. The molecule has 1 aliphatic carbocycles. The molecule has 290 valence electrons. The van der Waals surface area contributed by atoms with E-state index in [1.807, 2.05) is 13.1 Å². The van der Waals surface area contributed by atoms with Gasteiger partial charge in [0.2, 0.25) is 0 Å². The van der Waals surface area contributed by atoms with Gasteiger partial charge in [0.05, 0.1) is 11.0 Å². The summed E-state index contributed by atoms with van der Waals surface area (Å²) in [5.74, 6) is 1.28. The number of nitrogens with one attached hydrogen (secondary N) is 2. The van der Waals surface area contributed by atoms with E-state index in [4.69, 9.17) is 4.99 Å². The van der Waals surface area contributed by atoms with Crippen LogP contribution in [0.3, 0.4) is 0 Å². The number of aromatic nitrogens is 1. The molecule has 8 aromatic rings. The fraction of sp³-hybridized carbons (Fsp3) is 0.130. The van der Waals surface area contributed by atoms with Crippen LogP contribution >= 0.6 is 0 Å². The van der Waals surface area contributed by atoms with Crippen LogP contribution in [0.15, 0.2) is 211 Å². The molecule has 2 N–H and O–H groups in total. The van der Waals surface area contributed by atoms with E-state index in [9.17, 15) is 0 Å². The second-order valence-electron chi connectivity index (χ2n) is 15.5. The molecule has 0 spiro atoms. The van der Waals surface area contributed by atoms with E-state index < -0.39 is 0 Å². The van der Waals surface area contributed by atoms with Crippen LogP contribution in [0.4, 0.5) is 5.69 Å². The molecule has 0 fully saturated rings. The first-order valence-electron chi connectivity index (χ1n) is 20.5. The molecule has 0 saturated heterocycles. The number of aliphatic imine (C=N–C) groups is 1. The Hall–Kier alpha value is -6.95. The average molecular weight is 768 g/mol. The first-order valence-corrected chi connectivity index (χ1v) is 20.5. The Morgan fingerprint density at radius 1 is 0.678 bits per heavy atom. The minimum atomic E-state index is -0.192. The minimum absolute atomic E-state index is 0.192. The maximum absolute atomic E-state index is 5.30. The molecular formula is C54H49N5. The molecule has 3 atom stereocenters. The van der Waals surface area contributed by atoms with Crippen molar-refractivity contribution in [1.29, 1.82) is 0 Å². The topological polar surface area (TPSA) is 44.6 Å². The summed E-state index contributed by atoms with van der Waals surface area (Å²) in [7, 11) is 4.10. The highest BCUT2D eigenvalue weighted by molar-refractivity contribution is 6.10. The third-order valence-corrected chi connectivity index (χ3v) is 11.6. The summed E-state index contributed by atoms with van der Waals surface area (Å²) in [5, 5.41) is 9.85. The Morgan fingerprint density at radius 3 is 2.08 bits per heavy atom. The van der Waals surface area contributed by atoms with Gasteiger partial charge in [-0.1, -0.05) is 165 Å². The molecule has 59 heavy (non-hydrogen) atoms. The summed E-state index contributed by atoms with van der Waals surface area (Å²) >= 11 is 0. The van der Waals surface area contributed by atoms with Crippen LogP contribution < -0.4 is 10.6 Å². The monoisotopic (exact) mass is 767 g/mol. The number of anilines is 1. The summed E-state index contributed by atoms with van der Waals surface area (Å²) in [6.45, 7) is 3.07. The fourth-order valence-corrected chi connectivity index (χ4v) is 8.72. The van der Waals surface area contributed by atoms with Gasteiger partial charge in [-0.05, 0) is 71.8 Å². The smallest absolute Gasteiger partial charge is 0.130 e. The van der Waals surface area contributed by atoms with Crippen LogP contribution in [0.25, 0.3) is 33.1 Å². The van der Waals surface area contributed by atoms with Crippen LogP contribution in [0.2, 0.25) is 0 Å². The third-order valence-electron chi connectivity index (χ3n) is 11.6. The molecule has 9 rings (SSSR count). The van der Waals surface area contributed by atoms with Crippen molar-refractivity contribution < 1.29 is 0 Å². The van der Waals surface area contributed by atoms with E-state index in [0.29, 0.717) is 6.54 Å². The van der Waals surface area contributed by atoms with Gasteiger partial charge in [0.15, 0.2) is 0 Å². The molecule has 0 bridgehead atoms. The second-order valence-corrected chi connectivity index (χ2v) is 15.5. The molecule has 7 aromatic carbocycles. The summed E-state index contributed by atoms with van der Waals surface area (Å²) in [4.78, 5) is 7.61. The summed E-state index contributed by atoms with van der Waals surface area (Å²) in [5.41, 5.74) is 13.0. The molecule has 0 saturated carbocycles. The molecule has 1 aromatic heterocycles. The molecule has 1 aliphatic rings. The van der Waals surface area contributed by atoms with Gasteiger partial charge in [-0.15, -0.1) is 0 Å². The zero-order valence-corrected chi connectivity index (χ0v) is 33.8. The second kappa shape index (κ2) is 16.9. The van der Waals surface area contributed by atoms with Crippen LogP contribution in [-0.4, -0.2) is 29.4 Å². The van der Waals surface area contributed by atoms with E-state index in [0.717, 1.165) is 28.3 Å². The SMILES string of the molecule is CN/C(=N\C(c1ccccc1)N(C)Cc1cccc(NC2=C(c3ccc4c(c3)c3ccccc3n4-c3ccccc3)C=CC(c3ccccc3)C2C)c1)c1ccccc1. The molecule has 1 heterocycles. The lowest BCUT2D eigenvalue weighted by atomic mass is 9.78. The number of rotatable bonds is 11. The van der Waals surface area contributed by atoms with Crippen molar-refractivity contribution in [1.82, 2.24) is 14.8 Å². The van der Waals surface area contributed by atoms with E-state index in [-0.39, 0.29) is 18.0 Å². The number of allylic oxidation sites excluding steroid dienone is 4. The zero-order valence-electron chi connectivity index (χ0n) is 33.8. The maximum atomic E-state index is 5.30. The lowest BCUT2D eigenvalue weighted by Crippen LogP contribution is -2.27. The zero-order chi connectivity index (χ0) is 40.1. The van der Waals surface area contributed by atoms with Gasteiger partial charge in [0.25, 0.3) is 0 Å². The first-order chi connectivity index (χ1) is 29.1. The van der Waals surface area contributed by atoms with E-state index in [1.165, 1.54) is 49.8 Å². The summed E-state index contributed by atoms with van der Waals surface area (Å²) in [6.07, 6.45) is 4.54. The highest BCUT2D eigenvalue weighted by Gasteiger charge is 2.28. The highest BCUT2D eigenvalue weighted by atomic mass is 15.2. The third kappa shape index (κ3) is 7.73. The highest BCUT2D eigenvalue weighted by Crippen LogP contribution is 2.42. The predicted octanol–water partition coefficient (Wildman–Crippen LogP) is 12.4. The van der Waals surface area contributed by atoms with Crippen molar-refractivity contribution in [2.45, 2.75) is 25.6 Å². The van der Waals surface area contributed by atoms with Crippen molar-refractivity contribution in [2.75, 3.05) is 19.4 Å². The maximum Gasteiger partial charge on any atom is 0.130 e. The number of para-hydroxylation sites is 2. The van der Waals surface area contributed by atoms with Crippen molar-refractivity contribution >= 4 is 38.9 Å². The van der Waals surface area contributed by atoms with Gasteiger partial charge < -0.3 is 15.2 Å². The standard InChI is InChI=1S/C54H49N5/c1-38-46(40-20-8-4-9-21-40)32-33-47(43-31-34-51-49(36-43)48-29-16-17-30-50(48)59(51)45-27-14-7-15-28-45)52(38)56-44-26-18-19-39(35-44)37-58(3)54(42-24-12-6-13-25-42)57-53(55-2)41-22-10-5-11-23-41/h4-36,38,46,54,56H,37H2,1-3H3,(H,55,57).